The first kappa shape index (κ1) is 16.0. The first-order valence-electron chi connectivity index (χ1n) is 6.91. The molecule has 0 aliphatic rings. The maximum absolute atomic E-state index is 12.1. The normalized spacial score (nSPS) is 10.5. The van der Waals surface area contributed by atoms with Crippen LogP contribution in [0.3, 0.4) is 0 Å². The standard InChI is InChI=1S/C18H15N3O2/c1-2-11-23-16-8-6-14(7-9-16)12-15(13-19)18(22)21-17-5-3-4-10-20-17/h2-10,12H,1,11H2,(H,20,21,22)/b15-12+. The molecule has 2 rings (SSSR count). The molecule has 23 heavy (non-hydrogen) atoms. The van der Waals surface area contributed by atoms with Gasteiger partial charge in [-0.3, -0.25) is 4.79 Å². The molecule has 0 unspecified atom stereocenters. The average molecular weight is 305 g/mol. The van der Waals surface area contributed by atoms with E-state index in [2.05, 4.69) is 16.9 Å². The van der Waals surface area contributed by atoms with Crippen molar-refractivity contribution in [3.05, 3.63) is 72.5 Å². The van der Waals surface area contributed by atoms with Crippen molar-refractivity contribution in [3.63, 3.8) is 0 Å². The highest BCUT2D eigenvalue weighted by Crippen LogP contribution is 2.15. The van der Waals surface area contributed by atoms with Gasteiger partial charge in [-0.25, -0.2) is 4.98 Å². The Kier molecular flexibility index (Phi) is 5.67. The molecule has 0 saturated carbocycles. The zero-order valence-corrected chi connectivity index (χ0v) is 12.4. The van der Waals surface area contributed by atoms with E-state index in [-0.39, 0.29) is 5.57 Å². The van der Waals surface area contributed by atoms with Gasteiger partial charge in [0.15, 0.2) is 0 Å². The second-order valence-corrected chi connectivity index (χ2v) is 4.51. The minimum Gasteiger partial charge on any atom is -0.490 e. The number of ether oxygens (including phenoxy) is 1. The van der Waals surface area contributed by atoms with Gasteiger partial charge < -0.3 is 10.1 Å². The fourth-order valence-corrected chi connectivity index (χ4v) is 1.75. The number of aromatic nitrogens is 1. The van der Waals surface area contributed by atoms with Gasteiger partial charge >= 0.3 is 0 Å². The van der Waals surface area contributed by atoms with E-state index in [9.17, 15) is 10.1 Å². The third-order valence-electron chi connectivity index (χ3n) is 2.83. The summed E-state index contributed by atoms with van der Waals surface area (Å²) in [5.74, 6) is 0.587. The van der Waals surface area contributed by atoms with Crippen LogP contribution in [-0.2, 0) is 4.79 Å². The smallest absolute Gasteiger partial charge is 0.267 e. The fraction of sp³-hybridized carbons (Fsp3) is 0.0556. The van der Waals surface area contributed by atoms with Gasteiger partial charge in [-0.05, 0) is 35.9 Å². The number of amides is 1. The van der Waals surface area contributed by atoms with Gasteiger partial charge in [0, 0.05) is 6.20 Å². The van der Waals surface area contributed by atoms with Gasteiger partial charge in [0.2, 0.25) is 0 Å². The Labute approximate surface area is 134 Å². The van der Waals surface area contributed by atoms with Crippen LogP contribution in [0.15, 0.2) is 66.9 Å². The number of benzene rings is 1. The number of carbonyl (C=O) groups is 1. The number of rotatable bonds is 6. The predicted molar refractivity (Wildman–Crippen MR) is 88.6 cm³/mol. The van der Waals surface area contributed by atoms with Crippen LogP contribution in [0, 0.1) is 11.3 Å². The molecule has 0 spiro atoms. The molecule has 0 radical (unpaired) electrons. The number of hydrogen-bond donors (Lipinski definition) is 1. The maximum Gasteiger partial charge on any atom is 0.267 e. The summed E-state index contributed by atoms with van der Waals surface area (Å²) < 4.78 is 5.38. The van der Waals surface area contributed by atoms with Crippen LogP contribution >= 0.6 is 0 Å². The number of pyridine rings is 1. The third-order valence-corrected chi connectivity index (χ3v) is 2.83. The van der Waals surface area contributed by atoms with Gasteiger partial charge in [-0.15, -0.1) is 0 Å². The van der Waals surface area contributed by atoms with Crippen LogP contribution in [0.4, 0.5) is 5.82 Å². The summed E-state index contributed by atoms with van der Waals surface area (Å²) in [5.41, 5.74) is 0.721. The van der Waals surface area contributed by atoms with E-state index in [1.165, 1.54) is 6.08 Å². The number of nitrogens with zero attached hydrogens (tertiary/aromatic N) is 2. The maximum atomic E-state index is 12.1. The monoisotopic (exact) mass is 305 g/mol. The Balaban J connectivity index is 2.10. The molecule has 5 heteroatoms. The summed E-state index contributed by atoms with van der Waals surface area (Å²) in [6.45, 7) is 4.00. The van der Waals surface area contributed by atoms with E-state index in [1.54, 1.807) is 54.7 Å². The molecule has 0 saturated heterocycles. The van der Waals surface area contributed by atoms with Crippen molar-refractivity contribution in [1.29, 1.82) is 5.26 Å². The van der Waals surface area contributed by atoms with Crippen molar-refractivity contribution in [2.24, 2.45) is 0 Å². The molecule has 1 aromatic heterocycles. The van der Waals surface area contributed by atoms with Gasteiger partial charge in [0.1, 0.15) is 29.8 Å². The Morgan fingerprint density at radius 2 is 2.09 bits per heavy atom. The molecule has 1 aromatic carbocycles. The zero-order chi connectivity index (χ0) is 16.5. The largest absolute Gasteiger partial charge is 0.490 e. The van der Waals surface area contributed by atoms with Gasteiger partial charge in [0.05, 0.1) is 0 Å². The molecule has 0 aliphatic carbocycles. The van der Waals surface area contributed by atoms with Crippen molar-refractivity contribution in [1.82, 2.24) is 4.98 Å². The van der Waals surface area contributed by atoms with Crippen LogP contribution in [0.2, 0.25) is 0 Å². The van der Waals surface area contributed by atoms with Crippen LogP contribution in [0.5, 0.6) is 5.75 Å². The molecular formula is C18H15N3O2. The molecule has 0 fully saturated rings. The Morgan fingerprint density at radius 1 is 1.30 bits per heavy atom. The lowest BCUT2D eigenvalue weighted by Crippen LogP contribution is -2.14. The van der Waals surface area contributed by atoms with Crippen molar-refractivity contribution >= 4 is 17.8 Å². The first-order chi connectivity index (χ1) is 11.2. The second-order valence-electron chi connectivity index (χ2n) is 4.51. The summed E-state index contributed by atoms with van der Waals surface area (Å²) >= 11 is 0. The van der Waals surface area contributed by atoms with Crippen LogP contribution in [-0.4, -0.2) is 17.5 Å². The molecule has 1 N–H and O–H groups in total. The molecule has 5 nitrogen and oxygen atoms in total. The highest BCUT2D eigenvalue weighted by Gasteiger charge is 2.09. The van der Waals surface area contributed by atoms with Crippen molar-refractivity contribution in [2.75, 3.05) is 11.9 Å². The van der Waals surface area contributed by atoms with Gasteiger partial charge in [0.25, 0.3) is 5.91 Å². The predicted octanol–water partition coefficient (Wildman–Crippen LogP) is 3.19. The highest BCUT2D eigenvalue weighted by atomic mass is 16.5. The topological polar surface area (TPSA) is 75.0 Å². The number of nitriles is 1. The summed E-state index contributed by atoms with van der Waals surface area (Å²) in [6, 6.07) is 14.1. The minimum atomic E-state index is -0.502. The summed E-state index contributed by atoms with van der Waals surface area (Å²) in [7, 11) is 0. The van der Waals surface area contributed by atoms with Crippen LogP contribution in [0.1, 0.15) is 5.56 Å². The molecule has 2 aromatic rings. The fourth-order valence-electron chi connectivity index (χ4n) is 1.75. The molecule has 0 aliphatic heterocycles. The lowest BCUT2D eigenvalue weighted by atomic mass is 10.1. The van der Waals surface area contributed by atoms with E-state index in [0.717, 1.165) is 5.56 Å². The van der Waals surface area contributed by atoms with E-state index in [0.29, 0.717) is 18.2 Å². The zero-order valence-electron chi connectivity index (χ0n) is 12.4. The van der Waals surface area contributed by atoms with E-state index in [1.807, 2.05) is 6.07 Å². The quantitative estimate of drug-likeness (QED) is 0.505. The van der Waals surface area contributed by atoms with Crippen LogP contribution < -0.4 is 10.1 Å². The van der Waals surface area contributed by atoms with Gasteiger partial charge in [-0.2, -0.15) is 5.26 Å². The lowest BCUT2D eigenvalue weighted by Gasteiger charge is -2.04. The van der Waals surface area contributed by atoms with Crippen molar-refractivity contribution in [3.8, 4) is 11.8 Å². The molecular weight excluding hydrogens is 290 g/mol. The van der Waals surface area contributed by atoms with Crippen molar-refractivity contribution in [2.45, 2.75) is 0 Å². The van der Waals surface area contributed by atoms with Crippen LogP contribution in [0.25, 0.3) is 6.08 Å². The van der Waals surface area contributed by atoms with E-state index < -0.39 is 5.91 Å². The SMILES string of the molecule is C=CCOc1ccc(/C=C(\C#N)C(=O)Nc2ccccn2)cc1. The highest BCUT2D eigenvalue weighted by molar-refractivity contribution is 6.09. The summed E-state index contributed by atoms with van der Waals surface area (Å²) in [6.07, 6.45) is 4.73. The summed E-state index contributed by atoms with van der Waals surface area (Å²) in [5, 5.41) is 11.7. The molecule has 0 bridgehead atoms. The second kappa shape index (κ2) is 8.15. The number of anilines is 1. The Bertz CT molecular complexity index is 744. The van der Waals surface area contributed by atoms with E-state index in [4.69, 9.17) is 4.74 Å². The Morgan fingerprint density at radius 3 is 2.70 bits per heavy atom. The number of hydrogen-bond acceptors (Lipinski definition) is 4. The summed E-state index contributed by atoms with van der Waals surface area (Å²) in [4.78, 5) is 16.1. The molecule has 1 heterocycles. The molecule has 0 atom stereocenters. The van der Waals surface area contributed by atoms with Gasteiger partial charge in [-0.1, -0.05) is 30.9 Å². The molecule has 1 amide bonds. The number of carbonyl (C=O) groups excluding carboxylic acids is 1. The minimum absolute atomic E-state index is 0.00425. The van der Waals surface area contributed by atoms with Crippen molar-refractivity contribution < 1.29 is 9.53 Å². The first-order valence-corrected chi connectivity index (χ1v) is 6.91. The lowest BCUT2D eigenvalue weighted by molar-refractivity contribution is -0.112. The molecule has 114 valence electrons. The third kappa shape index (κ3) is 4.83. The average Bonchev–Trinajstić information content (AvgIpc) is 2.59. The number of nitrogens with one attached hydrogen (secondary N) is 1. The van der Waals surface area contributed by atoms with E-state index >= 15 is 0 Å². The Hall–Kier alpha value is -3.39.